The predicted octanol–water partition coefficient (Wildman–Crippen LogP) is 3.09. The maximum atomic E-state index is 12.9. The molecule has 1 aliphatic rings. The van der Waals surface area contributed by atoms with E-state index in [1.54, 1.807) is 40.7 Å². The number of hydrogen-bond donors (Lipinski definition) is 3. The van der Waals surface area contributed by atoms with E-state index in [1.807, 2.05) is 0 Å². The second-order valence-corrected chi connectivity index (χ2v) is 11.8. The number of carbonyl (C=O) groups is 4. The summed E-state index contributed by atoms with van der Waals surface area (Å²) in [5, 5.41) is 33.3. The molecule has 0 bridgehead atoms. The Morgan fingerprint density at radius 3 is 2.00 bits per heavy atom. The summed E-state index contributed by atoms with van der Waals surface area (Å²) in [5.41, 5.74) is -2.80. The fourth-order valence-corrected chi connectivity index (χ4v) is 4.43. The Labute approximate surface area is 248 Å². The van der Waals surface area contributed by atoms with Crippen molar-refractivity contribution in [2.45, 2.75) is 124 Å². The minimum Gasteiger partial charge on any atom is -0.458 e. The van der Waals surface area contributed by atoms with Gasteiger partial charge in [-0.1, -0.05) is 32.6 Å². The van der Waals surface area contributed by atoms with Gasteiger partial charge in [-0.3, -0.25) is 9.59 Å². The summed E-state index contributed by atoms with van der Waals surface area (Å²) in [7, 11) is 0. The highest BCUT2D eigenvalue weighted by Gasteiger charge is 2.59. The van der Waals surface area contributed by atoms with E-state index < -0.39 is 77.4 Å². The zero-order chi connectivity index (χ0) is 32.7. The van der Waals surface area contributed by atoms with Gasteiger partial charge in [0.25, 0.3) is 0 Å². The fourth-order valence-electron chi connectivity index (χ4n) is 4.43. The van der Waals surface area contributed by atoms with Gasteiger partial charge in [0, 0.05) is 30.4 Å². The van der Waals surface area contributed by atoms with Gasteiger partial charge in [0.2, 0.25) is 0 Å². The van der Waals surface area contributed by atoms with E-state index in [-0.39, 0.29) is 24.0 Å². The van der Waals surface area contributed by atoms with Crippen molar-refractivity contribution < 1.29 is 53.4 Å². The van der Waals surface area contributed by atoms with Crippen LogP contribution in [0.5, 0.6) is 0 Å². The summed E-state index contributed by atoms with van der Waals surface area (Å²) in [6.07, 6.45) is -4.29. The van der Waals surface area contributed by atoms with Crippen LogP contribution in [0.4, 0.5) is 0 Å². The van der Waals surface area contributed by atoms with Crippen molar-refractivity contribution >= 4 is 23.9 Å². The third-order valence-electron chi connectivity index (χ3n) is 7.62. The molecule has 42 heavy (non-hydrogen) atoms. The number of esters is 4. The summed E-state index contributed by atoms with van der Waals surface area (Å²) in [6, 6.07) is 0. The van der Waals surface area contributed by atoms with Crippen LogP contribution in [0, 0.1) is 11.8 Å². The zero-order valence-corrected chi connectivity index (χ0v) is 26.4. The number of rotatable bonds is 12. The average Bonchev–Trinajstić information content (AvgIpc) is 2.89. The van der Waals surface area contributed by atoms with Gasteiger partial charge in [0.05, 0.1) is 23.7 Å². The molecule has 0 aromatic rings. The van der Waals surface area contributed by atoms with Gasteiger partial charge in [-0.2, -0.15) is 0 Å². The van der Waals surface area contributed by atoms with Crippen LogP contribution in [-0.4, -0.2) is 80.9 Å². The van der Waals surface area contributed by atoms with E-state index in [0.29, 0.717) is 5.57 Å². The zero-order valence-electron chi connectivity index (χ0n) is 26.4. The van der Waals surface area contributed by atoms with Crippen LogP contribution >= 0.6 is 0 Å². The van der Waals surface area contributed by atoms with Crippen molar-refractivity contribution in [1.82, 2.24) is 0 Å². The van der Waals surface area contributed by atoms with E-state index in [4.69, 9.17) is 18.9 Å². The van der Waals surface area contributed by atoms with Crippen LogP contribution in [-0.2, 0) is 38.1 Å². The second-order valence-electron chi connectivity index (χ2n) is 11.8. The number of aliphatic hydroxyl groups excluding tert-OH is 2. The largest absolute Gasteiger partial charge is 0.458 e. The van der Waals surface area contributed by atoms with Gasteiger partial charge in [0.1, 0.15) is 12.2 Å². The molecule has 0 aromatic carbocycles. The van der Waals surface area contributed by atoms with Gasteiger partial charge in [-0.25, -0.2) is 9.59 Å². The van der Waals surface area contributed by atoms with E-state index in [1.165, 1.54) is 33.8 Å². The first-order valence-electron chi connectivity index (χ1n) is 14.1. The highest BCUT2D eigenvalue weighted by Crippen LogP contribution is 2.43. The first-order chi connectivity index (χ1) is 19.2. The molecule has 0 radical (unpaired) electrons. The number of ether oxygens (including phenoxy) is 4. The predicted molar refractivity (Wildman–Crippen MR) is 154 cm³/mol. The Bertz CT molecular complexity index is 1080. The molecule has 0 amide bonds. The molecule has 11 heteroatoms. The molecule has 0 saturated heterocycles. The molecule has 3 N–H and O–H groups in total. The lowest BCUT2D eigenvalue weighted by atomic mass is 9.69. The Morgan fingerprint density at radius 1 is 1.02 bits per heavy atom. The molecule has 238 valence electrons. The first-order valence-corrected chi connectivity index (χ1v) is 14.1. The van der Waals surface area contributed by atoms with Gasteiger partial charge >= 0.3 is 23.9 Å². The molecular formula is C31H48O11. The van der Waals surface area contributed by atoms with Gasteiger partial charge in [-0.05, 0) is 60.5 Å². The Morgan fingerprint density at radius 2 is 1.55 bits per heavy atom. The Hall–Kier alpha value is -3.02. The number of allylic oxidation sites excluding steroid dienone is 2. The molecular weight excluding hydrogens is 548 g/mol. The van der Waals surface area contributed by atoms with Crippen LogP contribution in [0.1, 0.15) is 82.1 Å². The number of hydrogen-bond acceptors (Lipinski definition) is 11. The van der Waals surface area contributed by atoms with Gasteiger partial charge < -0.3 is 34.3 Å². The van der Waals surface area contributed by atoms with Crippen LogP contribution in [0.3, 0.4) is 0 Å². The summed E-state index contributed by atoms with van der Waals surface area (Å²) in [4.78, 5) is 50.3. The fraction of sp³-hybridized carbons (Fsp3) is 0.677. The van der Waals surface area contributed by atoms with E-state index in [0.717, 1.165) is 6.92 Å². The normalized spacial score (nSPS) is 26.6. The monoisotopic (exact) mass is 596 g/mol. The summed E-state index contributed by atoms with van der Waals surface area (Å²) < 4.78 is 22.5. The molecule has 1 aliphatic carbocycles. The number of aliphatic hydroxyl groups is 3. The van der Waals surface area contributed by atoms with E-state index >= 15 is 0 Å². The summed E-state index contributed by atoms with van der Waals surface area (Å²) in [5.74, 6) is -4.48. The molecule has 0 aromatic heterocycles. The van der Waals surface area contributed by atoms with Crippen molar-refractivity contribution in [3.63, 3.8) is 0 Å². The molecule has 0 unspecified atom stereocenters. The molecule has 0 heterocycles. The minimum atomic E-state index is -1.83. The highest BCUT2D eigenvalue weighted by molar-refractivity contribution is 5.88. The van der Waals surface area contributed by atoms with Crippen LogP contribution in [0.25, 0.3) is 0 Å². The SMILES string of the molecule is C=C([C@H](O)C[C@@H](OC(=O)/C(C)=C\C)C(C)(C)O)[C@H]1C[C@@H](O)[C@@](C)(OC(=O)C(C)C)[C@@H](OC(=O)/C(C)=C\C)[C@H]1OC(C)=O. The maximum absolute atomic E-state index is 12.9. The van der Waals surface area contributed by atoms with Gasteiger partial charge in [-0.15, -0.1) is 0 Å². The van der Waals surface area contributed by atoms with Crippen LogP contribution in [0.15, 0.2) is 35.5 Å². The van der Waals surface area contributed by atoms with Crippen molar-refractivity contribution in [2.75, 3.05) is 0 Å². The summed E-state index contributed by atoms with van der Waals surface area (Å²) >= 11 is 0. The summed E-state index contributed by atoms with van der Waals surface area (Å²) in [6.45, 7) is 18.9. The van der Waals surface area contributed by atoms with E-state index in [9.17, 15) is 34.5 Å². The van der Waals surface area contributed by atoms with Gasteiger partial charge in [0.15, 0.2) is 11.7 Å². The third kappa shape index (κ3) is 9.24. The Balaban J connectivity index is 3.57. The topological polar surface area (TPSA) is 166 Å². The lowest BCUT2D eigenvalue weighted by Crippen LogP contribution is -2.66. The van der Waals surface area contributed by atoms with Crippen molar-refractivity contribution in [3.8, 4) is 0 Å². The van der Waals surface area contributed by atoms with Crippen molar-refractivity contribution in [1.29, 1.82) is 0 Å². The van der Waals surface area contributed by atoms with Crippen molar-refractivity contribution in [2.24, 2.45) is 11.8 Å². The van der Waals surface area contributed by atoms with Crippen LogP contribution in [0.2, 0.25) is 0 Å². The second kappa shape index (κ2) is 14.9. The third-order valence-corrected chi connectivity index (χ3v) is 7.62. The standard InChI is InChI=1S/C31H48O11/c1-12-17(5)28(36)40-24(30(9,10)38)15-22(33)19(7)21-14-23(34)31(11,42-27(35)16(3)4)26(25(21)39-20(8)32)41-29(37)18(6)13-2/h12-13,16,21-26,33-34,38H,7,14-15H2,1-6,8-11H3/b17-12-,18-13-/t21-,22-,23-,24-,25+,26+,31-/m1/s1. The molecule has 7 atom stereocenters. The molecule has 0 aliphatic heterocycles. The molecule has 0 spiro atoms. The average molecular weight is 597 g/mol. The Kier molecular flexibility index (Phi) is 13.2. The highest BCUT2D eigenvalue weighted by atomic mass is 16.6. The van der Waals surface area contributed by atoms with Crippen molar-refractivity contribution in [3.05, 3.63) is 35.5 Å². The molecule has 1 rings (SSSR count). The van der Waals surface area contributed by atoms with Crippen LogP contribution < -0.4 is 0 Å². The van der Waals surface area contributed by atoms with E-state index in [2.05, 4.69) is 6.58 Å². The lowest BCUT2D eigenvalue weighted by molar-refractivity contribution is -0.243. The molecule has 1 fully saturated rings. The maximum Gasteiger partial charge on any atom is 0.333 e. The molecule has 11 nitrogen and oxygen atoms in total. The quantitative estimate of drug-likeness (QED) is 0.131. The lowest BCUT2D eigenvalue weighted by Gasteiger charge is -2.50. The molecule has 1 saturated carbocycles. The first kappa shape index (κ1) is 37.0. The smallest absolute Gasteiger partial charge is 0.333 e. The minimum absolute atomic E-state index is 0.0643. The number of carbonyl (C=O) groups excluding carboxylic acids is 4.